The van der Waals surface area contributed by atoms with Gasteiger partial charge in [-0.15, -0.1) is 0 Å². The Hall–Kier alpha value is -0.130. The van der Waals surface area contributed by atoms with E-state index in [0.29, 0.717) is 6.54 Å². The molecule has 0 unspecified atom stereocenters. The first-order chi connectivity index (χ1) is 7.64. The third-order valence-electron chi connectivity index (χ3n) is 3.07. The van der Waals surface area contributed by atoms with Crippen molar-refractivity contribution in [2.24, 2.45) is 0 Å². The highest BCUT2D eigenvalue weighted by molar-refractivity contribution is 7.89. The summed E-state index contributed by atoms with van der Waals surface area (Å²) in [6.45, 7) is 0.516. The predicted octanol–water partition coefficient (Wildman–Crippen LogP) is 1.24. The number of hydrogen-bond acceptors (Lipinski definition) is 3. The molecule has 0 bridgehead atoms. The van der Waals surface area contributed by atoms with Crippen LogP contribution in [0.15, 0.2) is 0 Å². The maximum absolute atomic E-state index is 11.7. The maximum Gasteiger partial charge on any atom is 0.213 e. The summed E-state index contributed by atoms with van der Waals surface area (Å²) in [6, 6.07) is 0.169. The van der Waals surface area contributed by atoms with Crippen LogP contribution in [-0.4, -0.2) is 33.8 Å². The van der Waals surface area contributed by atoms with Crippen molar-refractivity contribution in [1.29, 1.82) is 0 Å². The van der Waals surface area contributed by atoms with Gasteiger partial charge in [0.2, 0.25) is 10.0 Å². The first-order valence-electron chi connectivity index (χ1n) is 6.28. The van der Waals surface area contributed by atoms with Gasteiger partial charge in [-0.05, 0) is 19.9 Å². The molecule has 0 radical (unpaired) electrons. The third-order valence-corrected chi connectivity index (χ3v) is 4.51. The van der Waals surface area contributed by atoms with E-state index in [2.05, 4.69) is 10.0 Å². The largest absolute Gasteiger partial charge is 0.319 e. The lowest BCUT2D eigenvalue weighted by atomic mass is 9.97. The smallest absolute Gasteiger partial charge is 0.213 e. The number of sulfonamides is 1. The van der Waals surface area contributed by atoms with E-state index >= 15 is 0 Å². The first kappa shape index (κ1) is 13.9. The molecule has 1 aliphatic rings. The fraction of sp³-hybridized carbons (Fsp3) is 1.00. The van der Waals surface area contributed by atoms with Gasteiger partial charge < -0.3 is 5.32 Å². The number of rotatable bonds is 5. The number of nitrogens with one attached hydrogen (secondary N) is 2. The van der Waals surface area contributed by atoms with Crippen molar-refractivity contribution in [1.82, 2.24) is 10.0 Å². The van der Waals surface area contributed by atoms with Crippen LogP contribution in [0, 0.1) is 0 Å². The van der Waals surface area contributed by atoms with E-state index in [-0.39, 0.29) is 11.8 Å². The molecule has 0 aromatic heterocycles. The molecule has 1 saturated carbocycles. The molecular formula is C11H24N2O2S. The second-order valence-corrected chi connectivity index (χ2v) is 6.46. The summed E-state index contributed by atoms with van der Waals surface area (Å²) in [5.74, 6) is 0.181. The summed E-state index contributed by atoms with van der Waals surface area (Å²) in [5, 5.41) is 2.86. The van der Waals surface area contributed by atoms with E-state index in [1.807, 2.05) is 0 Å². The molecule has 0 aromatic rings. The molecular weight excluding hydrogens is 224 g/mol. The van der Waals surface area contributed by atoms with Crippen LogP contribution in [0.1, 0.15) is 44.9 Å². The van der Waals surface area contributed by atoms with Crippen molar-refractivity contribution < 1.29 is 8.42 Å². The minimum atomic E-state index is -3.08. The third kappa shape index (κ3) is 5.82. The second-order valence-electron chi connectivity index (χ2n) is 4.58. The number of hydrogen-bond donors (Lipinski definition) is 2. The average molecular weight is 248 g/mol. The molecule has 16 heavy (non-hydrogen) atoms. The topological polar surface area (TPSA) is 58.2 Å². The Morgan fingerprint density at radius 3 is 2.19 bits per heavy atom. The fourth-order valence-electron chi connectivity index (χ4n) is 2.12. The summed E-state index contributed by atoms with van der Waals surface area (Å²) in [6.07, 6.45) is 8.10. The van der Waals surface area contributed by atoms with Gasteiger partial charge in [-0.2, -0.15) is 0 Å². The van der Waals surface area contributed by atoms with Crippen LogP contribution in [0.3, 0.4) is 0 Å². The van der Waals surface area contributed by atoms with Gasteiger partial charge in [0.05, 0.1) is 5.75 Å². The van der Waals surface area contributed by atoms with Gasteiger partial charge in [0.25, 0.3) is 0 Å². The Balaban J connectivity index is 2.37. The average Bonchev–Trinajstić information content (AvgIpc) is 2.19. The maximum atomic E-state index is 11.7. The molecule has 0 heterocycles. The first-order valence-corrected chi connectivity index (χ1v) is 7.94. The van der Waals surface area contributed by atoms with Crippen LogP contribution < -0.4 is 10.0 Å². The minimum Gasteiger partial charge on any atom is -0.319 e. The summed E-state index contributed by atoms with van der Waals surface area (Å²) in [7, 11) is -1.31. The summed E-state index contributed by atoms with van der Waals surface area (Å²) < 4.78 is 26.2. The van der Waals surface area contributed by atoms with Gasteiger partial charge in [-0.3, -0.25) is 0 Å². The standard InChI is InChI=1S/C11H24N2O2S/c1-12-9-10-16(14,15)13-11-7-5-3-2-4-6-8-11/h11-13H,2-10H2,1H3. The molecule has 96 valence electrons. The van der Waals surface area contributed by atoms with Gasteiger partial charge in [0.1, 0.15) is 0 Å². The molecule has 0 saturated heterocycles. The van der Waals surface area contributed by atoms with Crippen LogP contribution in [-0.2, 0) is 10.0 Å². The van der Waals surface area contributed by atoms with Crippen LogP contribution in [0.2, 0.25) is 0 Å². The van der Waals surface area contributed by atoms with E-state index < -0.39 is 10.0 Å². The molecule has 0 aliphatic heterocycles. The van der Waals surface area contributed by atoms with Crippen molar-refractivity contribution >= 4 is 10.0 Å². The SMILES string of the molecule is CNCCS(=O)(=O)NC1CCCCCCC1. The monoisotopic (exact) mass is 248 g/mol. The lowest BCUT2D eigenvalue weighted by molar-refractivity contribution is 0.426. The zero-order valence-corrected chi connectivity index (χ0v) is 11.0. The molecule has 2 N–H and O–H groups in total. The van der Waals surface area contributed by atoms with Crippen LogP contribution >= 0.6 is 0 Å². The molecule has 1 fully saturated rings. The quantitative estimate of drug-likeness (QED) is 0.769. The molecule has 0 amide bonds. The summed E-state index contributed by atoms with van der Waals surface area (Å²) >= 11 is 0. The molecule has 1 rings (SSSR count). The zero-order valence-electron chi connectivity index (χ0n) is 10.2. The summed E-state index contributed by atoms with van der Waals surface area (Å²) in [4.78, 5) is 0. The van der Waals surface area contributed by atoms with Gasteiger partial charge in [0, 0.05) is 12.6 Å². The highest BCUT2D eigenvalue weighted by Crippen LogP contribution is 2.17. The molecule has 4 nitrogen and oxygen atoms in total. The van der Waals surface area contributed by atoms with E-state index in [0.717, 1.165) is 25.7 Å². The van der Waals surface area contributed by atoms with E-state index in [1.165, 1.54) is 19.3 Å². The van der Waals surface area contributed by atoms with Crippen LogP contribution in [0.25, 0.3) is 0 Å². The van der Waals surface area contributed by atoms with Crippen molar-refractivity contribution in [3.05, 3.63) is 0 Å². The van der Waals surface area contributed by atoms with Gasteiger partial charge in [-0.25, -0.2) is 13.1 Å². The van der Waals surface area contributed by atoms with E-state index in [9.17, 15) is 8.42 Å². The van der Waals surface area contributed by atoms with Crippen molar-refractivity contribution in [3.63, 3.8) is 0 Å². The van der Waals surface area contributed by atoms with E-state index in [4.69, 9.17) is 0 Å². The normalized spacial score (nSPS) is 20.3. The second kappa shape index (κ2) is 7.25. The van der Waals surface area contributed by atoms with E-state index in [1.54, 1.807) is 7.05 Å². The molecule has 0 aromatic carbocycles. The lowest BCUT2D eigenvalue weighted by Gasteiger charge is -2.20. The van der Waals surface area contributed by atoms with Crippen LogP contribution in [0.5, 0.6) is 0 Å². The summed E-state index contributed by atoms with van der Waals surface area (Å²) in [5.41, 5.74) is 0. The Labute approximate surface area is 99.2 Å². The zero-order chi connectivity index (χ0) is 11.9. The van der Waals surface area contributed by atoms with Gasteiger partial charge in [0.15, 0.2) is 0 Å². The Morgan fingerprint density at radius 2 is 1.62 bits per heavy atom. The highest BCUT2D eigenvalue weighted by atomic mass is 32.2. The fourth-order valence-corrected chi connectivity index (χ4v) is 3.46. The van der Waals surface area contributed by atoms with Gasteiger partial charge >= 0.3 is 0 Å². The molecule has 1 aliphatic carbocycles. The molecule has 5 heteroatoms. The lowest BCUT2D eigenvalue weighted by Crippen LogP contribution is -2.38. The highest BCUT2D eigenvalue weighted by Gasteiger charge is 2.17. The van der Waals surface area contributed by atoms with Gasteiger partial charge in [-0.1, -0.05) is 32.1 Å². The Kier molecular flexibility index (Phi) is 6.31. The van der Waals surface area contributed by atoms with Crippen molar-refractivity contribution in [2.45, 2.75) is 51.0 Å². The Morgan fingerprint density at radius 1 is 1.06 bits per heavy atom. The Bertz CT molecular complexity index is 270. The minimum absolute atomic E-state index is 0.169. The van der Waals surface area contributed by atoms with Crippen LogP contribution in [0.4, 0.5) is 0 Å². The van der Waals surface area contributed by atoms with Crippen molar-refractivity contribution in [3.8, 4) is 0 Å². The molecule has 0 spiro atoms. The predicted molar refractivity (Wildman–Crippen MR) is 67.0 cm³/mol. The molecule has 0 atom stereocenters. The van der Waals surface area contributed by atoms with Crippen molar-refractivity contribution in [2.75, 3.05) is 19.3 Å².